The van der Waals surface area contributed by atoms with E-state index >= 15 is 0 Å². The van der Waals surface area contributed by atoms with Crippen LogP contribution >= 0.6 is 11.6 Å². The molecule has 1 fully saturated rings. The van der Waals surface area contributed by atoms with E-state index in [2.05, 4.69) is 10.4 Å². The summed E-state index contributed by atoms with van der Waals surface area (Å²) < 4.78 is 7.14. The molecule has 1 amide bonds. The van der Waals surface area contributed by atoms with Crippen LogP contribution in [0.25, 0.3) is 0 Å². The average Bonchev–Trinajstić information content (AvgIpc) is 2.98. The molecule has 0 bridgehead atoms. The molecule has 2 heterocycles. The van der Waals surface area contributed by atoms with E-state index in [1.165, 1.54) is 0 Å². The molecule has 5 nitrogen and oxygen atoms in total. The standard InChI is InChI=1S/C15H16ClN3O2/c16-11-2-1-3-12(10-11)18-15(20)14-4-7-17-19(14)13-5-8-21-9-6-13/h1-4,7,10,13H,5-6,8-9H2,(H,18,20). The van der Waals surface area contributed by atoms with Crippen LogP contribution in [0.5, 0.6) is 0 Å². The molecule has 0 atom stereocenters. The van der Waals surface area contributed by atoms with Gasteiger partial charge in [0.15, 0.2) is 0 Å². The Hall–Kier alpha value is -1.85. The maximum absolute atomic E-state index is 12.4. The third-order valence-corrected chi connectivity index (χ3v) is 3.76. The molecule has 2 aromatic rings. The Kier molecular flexibility index (Phi) is 4.22. The number of amides is 1. The number of benzene rings is 1. The SMILES string of the molecule is O=C(Nc1cccc(Cl)c1)c1ccnn1C1CCOCC1. The summed E-state index contributed by atoms with van der Waals surface area (Å²) in [5.41, 5.74) is 1.23. The number of carbonyl (C=O) groups excluding carboxylic acids is 1. The van der Waals surface area contributed by atoms with Crippen molar-refractivity contribution >= 4 is 23.2 Å². The fourth-order valence-electron chi connectivity index (χ4n) is 2.48. The van der Waals surface area contributed by atoms with Gasteiger partial charge in [-0.1, -0.05) is 17.7 Å². The van der Waals surface area contributed by atoms with Gasteiger partial charge in [-0.05, 0) is 37.1 Å². The fraction of sp³-hybridized carbons (Fsp3) is 0.333. The van der Waals surface area contributed by atoms with Gasteiger partial charge >= 0.3 is 0 Å². The highest BCUT2D eigenvalue weighted by molar-refractivity contribution is 6.30. The maximum Gasteiger partial charge on any atom is 0.273 e. The molecule has 6 heteroatoms. The van der Waals surface area contributed by atoms with E-state index in [1.54, 1.807) is 41.2 Å². The second-order valence-electron chi connectivity index (χ2n) is 4.97. The number of hydrogen-bond donors (Lipinski definition) is 1. The lowest BCUT2D eigenvalue weighted by atomic mass is 10.1. The molecule has 1 aliphatic heterocycles. The Morgan fingerprint density at radius 2 is 2.14 bits per heavy atom. The normalized spacial score (nSPS) is 15.9. The number of halogens is 1. The van der Waals surface area contributed by atoms with Gasteiger partial charge in [-0.25, -0.2) is 0 Å². The van der Waals surface area contributed by atoms with Crippen LogP contribution in [0, 0.1) is 0 Å². The summed E-state index contributed by atoms with van der Waals surface area (Å²) in [6.07, 6.45) is 3.40. The van der Waals surface area contributed by atoms with Gasteiger partial charge in [0, 0.05) is 30.1 Å². The molecule has 1 N–H and O–H groups in total. The summed E-state index contributed by atoms with van der Waals surface area (Å²) in [5, 5.41) is 7.73. The summed E-state index contributed by atoms with van der Waals surface area (Å²) in [4.78, 5) is 12.4. The zero-order valence-electron chi connectivity index (χ0n) is 11.5. The molecular formula is C15H16ClN3O2. The van der Waals surface area contributed by atoms with Crippen LogP contribution in [-0.2, 0) is 4.74 Å². The van der Waals surface area contributed by atoms with Gasteiger partial charge in [-0.3, -0.25) is 9.48 Å². The topological polar surface area (TPSA) is 56.2 Å². The smallest absolute Gasteiger partial charge is 0.273 e. The first-order valence-corrected chi connectivity index (χ1v) is 7.30. The molecule has 1 aromatic heterocycles. The quantitative estimate of drug-likeness (QED) is 0.948. The van der Waals surface area contributed by atoms with E-state index < -0.39 is 0 Å². The lowest BCUT2D eigenvalue weighted by Gasteiger charge is -2.23. The zero-order chi connectivity index (χ0) is 14.7. The molecule has 110 valence electrons. The minimum Gasteiger partial charge on any atom is -0.381 e. The molecule has 1 saturated heterocycles. The Morgan fingerprint density at radius 1 is 1.33 bits per heavy atom. The van der Waals surface area contributed by atoms with Crippen LogP contribution in [0.2, 0.25) is 5.02 Å². The van der Waals surface area contributed by atoms with Gasteiger partial charge in [-0.15, -0.1) is 0 Å². The predicted molar refractivity (Wildman–Crippen MR) is 80.7 cm³/mol. The first kappa shape index (κ1) is 14.1. The number of anilines is 1. The molecule has 0 spiro atoms. The van der Waals surface area contributed by atoms with E-state index in [0.29, 0.717) is 29.6 Å². The van der Waals surface area contributed by atoms with Crippen molar-refractivity contribution in [1.82, 2.24) is 9.78 Å². The Labute approximate surface area is 127 Å². The molecule has 21 heavy (non-hydrogen) atoms. The van der Waals surface area contributed by atoms with E-state index in [1.807, 2.05) is 0 Å². The number of hydrogen-bond acceptors (Lipinski definition) is 3. The van der Waals surface area contributed by atoms with Crippen molar-refractivity contribution in [2.45, 2.75) is 18.9 Å². The monoisotopic (exact) mass is 305 g/mol. The van der Waals surface area contributed by atoms with E-state index in [-0.39, 0.29) is 11.9 Å². The lowest BCUT2D eigenvalue weighted by molar-refractivity contribution is 0.0647. The van der Waals surface area contributed by atoms with Gasteiger partial charge < -0.3 is 10.1 Å². The highest BCUT2D eigenvalue weighted by Crippen LogP contribution is 2.22. The number of aromatic nitrogens is 2. The first-order valence-electron chi connectivity index (χ1n) is 6.92. The number of rotatable bonds is 3. The van der Waals surface area contributed by atoms with Gasteiger partial charge in [0.1, 0.15) is 5.69 Å². The van der Waals surface area contributed by atoms with Crippen molar-refractivity contribution in [2.75, 3.05) is 18.5 Å². The summed E-state index contributed by atoms with van der Waals surface area (Å²) in [7, 11) is 0. The van der Waals surface area contributed by atoms with Crippen molar-refractivity contribution < 1.29 is 9.53 Å². The van der Waals surface area contributed by atoms with Crippen LogP contribution in [0.1, 0.15) is 29.4 Å². The fourth-order valence-corrected chi connectivity index (χ4v) is 2.67. The largest absolute Gasteiger partial charge is 0.381 e. The molecule has 3 rings (SSSR count). The van der Waals surface area contributed by atoms with Gasteiger partial charge in [-0.2, -0.15) is 5.10 Å². The average molecular weight is 306 g/mol. The van der Waals surface area contributed by atoms with Gasteiger partial charge in [0.2, 0.25) is 0 Å². The van der Waals surface area contributed by atoms with Crippen molar-refractivity contribution in [3.8, 4) is 0 Å². The zero-order valence-corrected chi connectivity index (χ0v) is 12.2. The molecule has 0 saturated carbocycles. The molecule has 0 radical (unpaired) electrons. The van der Waals surface area contributed by atoms with Crippen LogP contribution < -0.4 is 5.32 Å². The van der Waals surface area contributed by atoms with Crippen LogP contribution in [0.4, 0.5) is 5.69 Å². The highest BCUT2D eigenvalue weighted by Gasteiger charge is 2.21. The lowest BCUT2D eigenvalue weighted by Crippen LogP contribution is -2.25. The van der Waals surface area contributed by atoms with Gasteiger partial charge in [0.25, 0.3) is 5.91 Å². The second-order valence-corrected chi connectivity index (χ2v) is 5.41. The second kappa shape index (κ2) is 6.28. The van der Waals surface area contributed by atoms with Crippen LogP contribution in [-0.4, -0.2) is 28.9 Å². The van der Waals surface area contributed by atoms with Crippen LogP contribution in [0.3, 0.4) is 0 Å². The third kappa shape index (κ3) is 3.25. The number of ether oxygens (including phenoxy) is 1. The van der Waals surface area contributed by atoms with Crippen molar-refractivity contribution in [1.29, 1.82) is 0 Å². The minimum absolute atomic E-state index is 0.179. The van der Waals surface area contributed by atoms with Crippen molar-refractivity contribution in [3.05, 3.63) is 47.2 Å². The highest BCUT2D eigenvalue weighted by atomic mass is 35.5. The van der Waals surface area contributed by atoms with E-state index in [0.717, 1.165) is 12.8 Å². The molecule has 1 aliphatic rings. The minimum atomic E-state index is -0.179. The van der Waals surface area contributed by atoms with E-state index in [9.17, 15) is 4.79 Å². The number of nitrogens with one attached hydrogen (secondary N) is 1. The maximum atomic E-state index is 12.4. The predicted octanol–water partition coefficient (Wildman–Crippen LogP) is 3.14. The summed E-state index contributed by atoms with van der Waals surface area (Å²) in [6, 6.07) is 9.04. The molecule has 1 aromatic carbocycles. The molecule has 0 aliphatic carbocycles. The third-order valence-electron chi connectivity index (χ3n) is 3.52. The Bertz CT molecular complexity index is 635. The Morgan fingerprint density at radius 3 is 2.90 bits per heavy atom. The molecule has 0 unspecified atom stereocenters. The summed E-state index contributed by atoms with van der Waals surface area (Å²) in [5.74, 6) is -0.179. The summed E-state index contributed by atoms with van der Waals surface area (Å²) in [6.45, 7) is 1.42. The van der Waals surface area contributed by atoms with Crippen molar-refractivity contribution in [3.63, 3.8) is 0 Å². The summed E-state index contributed by atoms with van der Waals surface area (Å²) >= 11 is 5.92. The van der Waals surface area contributed by atoms with Crippen LogP contribution in [0.15, 0.2) is 36.5 Å². The molecular weight excluding hydrogens is 290 g/mol. The number of carbonyl (C=O) groups is 1. The first-order chi connectivity index (χ1) is 10.2. The Balaban J connectivity index is 1.77. The van der Waals surface area contributed by atoms with E-state index in [4.69, 9.17) is 16.3 Å². The number of nitrogens with zero attached hydrogens (tertiary/aromatic N) is 2. The van der Waals surface area contributed by atoms with Crippen molar-refractivity contribution in [2.24, 2.45) is 0 Å². The van der Waals surface area contributed by atoms with Gasteiger partial charge in [0.05, 0.1) is 6.04 Å².